The quantitative estimate of drug-likeness (QED) is 0.283. The third-order valence-corrected chi connectivity index (χ3v) is 8.96. The molecule has 0 atom stereocenters. The number of aryl methyl sites for hydroxylation is 1. The smallest absolute Gasteiger partial charge is 0.407 e. The van der Waals surface area contributed by atoms with Crippen LogP contribution in [0.1, 0.15) is 95.6 Å². The lowest BCUT2D eigenvalue weighted by atomic mass is 9.91. The highest BCUT2D eigenvalue weighted by molar-refractivity contribution is 6.32. The molecule has 2 aromatic heterocycles. The van der Waals surface area contributed by atoms with E-state index >= 15 is 0 Å². The zero-order chi connectivity index (χ0) is 27.7. The maximum Gasteiger partial charge on any atom is 0.407 e. The standard InChI is InChI=1S/C30H46ClN7O2/c1-38-27(18-21-10-11-21)25(19-35-38)28-26(31)20-34-29(37-28)36-23-14-12-22(13-15-23)32-16-7-17-33-30(39)40-24-8-5-3-2-4-6-9-24/h19-24,32H,2-18H2,1H3,(H,33,39)(H,34,36,37). The van der Waals surface area contributed by atoms with E-state index in [9.17, 15) is 4.79 Å². The lowest BCUT2D eigenvalue weighted by molar-refractivity contribution is 0.0816. The second-order valence-electron chi connectivity index (χ2n) is 12.0. The molecule has 3 aliphatic rings. The summed E-state index contributed by atoms with van der Waals surface area (Å²) in [4.78, 5) is 21.5. The number of ether oxygens (including phenoxy) is 1. The molecule has 9 nitrogen and oxygen atoms in total. The maximum atomic E-state index is 12.2. The van der Waals surface area contributed by atoms with Crippen LogP contribution in [0.3, 0.4) is 0 Å². The Kier molecular flexibility index (Phi) is 10.5. The molecule has 2 heterocycles. The number of alkyl carbamates (subject to hydrolysis) is 1. The molecule has 3 N–H and O–H groups in total. The fourth-order valence-corrected chi connectivity index (χ4v) is 6.26. The first-order valence-electron chi connectivity index (χ1n) is 15.5. The summed E-state index contributed by atoms with van der Waals surface area (Å²) in [6.45, 7) is 1.54. The Hall–Kier alpha value is -2.39. The van der Waals surface area contributed by atoms with Crippen LogP contribution in [0.15, 0.2) is 12.4 Å². The molecule has 1 amide bonds. The molecule has 0 unspecified atom stereocenters. The van der Waals surface area contributed by atoms with E-state index in [1.807, 2.05) is 17.9 Å². The van der Waals surface area contributed by atoms with Crippen molar-refractivity contribution in [3.63, 3.8) is 0 Å². The maximum absolute atomic E-state index is 12.2. The minimum absolute atomic E-state index is 0.0900. The van der Waals surface area contributed by atoms with Crippen molar-refractivity contribution >= 4 is 23.6 Å². The van der Waals surface area contributed by atoms with Gasteiger partial charge in [-0.1, -0.05) is 30.9 Å². The van der Waals surface area contributed by atoms with Gasteiger partial charge in [-0.25, -0.2) is 14.8 Å². The van der Waals surface area contributed by atoms with Crippen LogP contribution >= 0.6 is 11.6 Å². The highest BCUT2D eigenvalue weighted by atomic mass is 35.5. The average molecular weight is 572 g/mol. The third-order valence-electron chi connectivity index (χ3n) is 8.68. The third kappa shape index (κ3) is 8.56. The molecular weight excluding hydrogens is 526 g/mol. The van der Waals surface area contributed by atoms with E-state index in [2.05, 4.69) is 26.0 Å². The number of carbonyl (C=O) groups excluding carboxylic acids is 1. The number of hydrogen-bond donors (Lipinski definition) is 3. The van der Waals surface area contributed by atoms with Crippen LogP contribution in [0.2, 0.25) is 5.02 Å². The molecule has 40 heavy (non-hydrogen) atoms. The van der Waals surface area contributed by atoms with Gasteiger partial charge in [-0.2, -0.15) is 5.10 Å². The van der Waals surface area contributed by atoms with Gasteiger partial charge in [0.1, 0.15) is 6.10 Å². The first kappa shape index (κ1) is 29.1. The van der Waals surface area contributed by atoms with Gasteiger partial charge in [0, 0.05) is 36.9 Å². The largest absolute Gasteiger partial charge is 0.446 e. The summed E-state index contributed by atoms with van der Waals surface area (Å²) >= 11 is 6.54. The van der Waals surface area contributed by atoms with E-state index < -0.39 is 0 Å². The van der Waals surface area contributed by atoms with Crippen molar-refractivity contribution in [2.45, 2.75) is 114 Å². The number of nitrogens with one attached hydrogen (secondary N) is 3. The number of nitrogens with zero attached hydrogens (tertiary/aromatic N) is 4. The number of anilines is 1. The Morgan fingerprint density at radius 2 is 1.70 bits per heavy atom. The highest BCUT2D eigenvalue weighted by Gasteiger charge is 2.27. The molecule has 0 saturated heterocycles. The molecule has 3 aliphatic carbocycles. The van der Waals surface area contributed by atoms with Gasteiger partial charge in [-0.15, -0.1) is 0 Å². The second-order valence-corrected chi connectivity index (χ2v) is 12.4. The fourth-order valence-electron chi connectivity index (χ4n) is 6.06. The Morgan fingerprint density at radius 1 is 0.975 bits per heavy atom. The number of amides is 1. The van der Waals surface area contributed by atoms with Crippen molar-refractivity contribution in [3.05, 3.63) is 23.1 Å². The van der Waals surface area contributed by atoms with Gasteiger partial charge in [-0.3, -0.25) is 4.68 Å². The predicted octanol–water partition coefficient (Wildman–Crippen LogP) is 6.02. The Morgan fingerprint density at radius 3 is 2.45 bits per heavy atom. The molecule has 0 bridgehead atoms. The van der Waals surface area contributed by atoms with Gasteiger partial charge in [-0.05, 0) is 89.5 Å². The Bertz CT molecular complexity index is 1090. The predicted molar refractivity (Wildman–Crippen MR) is 159 cm³/mol. The molecule has 2 aromatic rings. The molecule has 0 spiro atoms. The van der Waals surface area contributed by atoms with Crippen molar-refractivity contribution in [3.8, 4) is 11.3 Å². The van der Waals surface area contributed by atoms with Crippen LogP contribution in [0.5, 0.6) is 0 Å². The number of carbonyl (C=O) groups is 1. The van der Waals surface area contributed by atoms with Gasteiger partial charge in [0.15, 0.2) is 0 Å². The lowest BCUT2D eigenvalue weighted by Gasteiger charge is -2.30. The molecule has 0 aliphatic heterocycles. The van der Waals surface area contributed by atoms with Gasteiger partial charge in [0.2, 0.25) is 5.95 Å². The van der Waals surface area contributed by atoms with Crippen LogP contribution < -0.4 is 16.0 Å². The molecule has 3 saturated carbocycles. The van der Waals surface area contributed by atoms with E-state index in [0.717, 1.165) is 75.1 Å². The summed E-state index contributed by atoms with van der Waals surface area (Å²) in [5.41, 5.74) is 2.98. The summed E-state index contributed by atoms with van der Waals surface area (Å²) in [6.07, 6.45) is 20.4. The molecule has 10 heteroatoms. The number of aromatic nitrogens is 4. The monoisotopic (exact) mass is 571 g/mol. The lowest BCUT2D eigenvalue weighted by Crippen LogP contribution is -2.38. The summed E-state index contributed by atoms with van der Waals surface area (Å²) in [7, 11) is 1.99. The Labute approximate surface area is 243 Å². The number of halogens is 1. The average Bonchev–Trinajstić information content (AvgIpc) is 3.69. The van der Waals surface area contributed by atoms with Crippen LogP contribution in [0.25, 0.3) is 11.3 Å². The summed E-state index contributed by atoms with van der Waals surface area (Å²) in [5, 5.41) is 15.2. The zero-order valence-corrected chi connectivity index (χ0v) is 24.7. The van der Waals surface area contributed by atoms with E-state index in [-0.39, 0.29) is 12.2 Å². The first-order valence-corrected chi connectivity index (χ1v) is 15.9. The van der Waals surface area contributed by atoms with E-state index in [1.54, 1.807) is 6.20 Å². The van der Waals surface area contributed by atoms with E-state index in [4.69, 9.17) is 21.3 Å². The first-order chi connectivity index (χ1) is 19.5. The number of rotatable bonds is 11. The fraction of sp³-hybridized carbons (Fsp3) is 0.733. The molecule has 5 rings (SSSR count). The highest BCUT2D eigenvalue weighted by Crippen LogP contribution is 2.37. The van der Waals surface area contributed by atoms with Crippen molar-refractivity contribution < 1.29 is 9.53 Å². The summed E-state index contributed by atoms with van der Waals surface area (Å²) in [5.74, 6) is 1.39. The van der Waals surface area contributed by atoms with Crippen molar-refractivity contribution in [2.24, 2.45) is 13.0 Å². The summed E-state index contributed by atoms with van der Waals surface area (Å²) < 4.78 is 7.60. The number of hydrogen-bond acceptors (Lipinski definition) is 7. The second kappa shape index (κ2) is 14.5. The van der Waals surface area contributed by atoms with Gasteiger partial charge in [0.25, 0.3) is 0 Å². The Balaban J connectivity index is 0.998. The SMILES string of the molecule is Cn1ncc(-c2nc(NC3CCC(NCCCNC(=O)OC4CCCCCCC4)CC3)ncc2Cl)c1CC1CC1. The molecule has 3 fully saturated rings. The van der Waals surface area contributed by atoms with Crippen molar-refractivity contribution in [2.75, 3.05) is 18.4 Å². The minimum atomic E-state index is -0.257. The van der Waals surface area contributed by atoms with Crippen LogP contribution in [0, 0.1) is 5.92 Å². The van der Waals surface area contributed by atoms with E-state index in [0.29, 0.717) is 29.6 Å². The van der Waals surface area contributed by atoms with Crippen LogP contribution in [0.4, 0.5) is 10.7 Å². The molecule has 0 radical (unpaired) electrons. The molecule has 220 valence electrons. The van der Waals surface area contributed by atoms with E-state index in [1.165, 1.54) is 50.6 Å². The van der Waals surface area contributed by atoms with Gasteiger partial charge >= 0.3 is 6.09 Å². The van der Waals surface area contributed by atoms with Gasteiger partial charge in [0.05, 0.1) is 23.1 Å². The van der Waals surface area contributed by atoms with Crippen LogP contribution in [-0.2, 0) is 18.2 Å². The molecule has 0 aromatic carbocycles. The zero-order valence-electron chi connectivity index (χ0n) is 24.0. The minimum Gasteiger partial charge on any atom is -0.446 e. The molecular formula is C30H46ClN7O2. The van der Waals surface area contributed by atoms with Crippen LogP contribution in [-0.4, -0.2) is 57.1 Å². The summed E-state index contributed by atoms with van der Waals surface area (Å²) in [6, 6.07) is 0.846. The topological polar surface area (TPSA) is 106 Å². The van der Waals surface area contributed by atoms with Crippen molar-refractivity contribution in [1.82, 2.24) is 30.4 Å². The normalized spacial score (nSPS) is 22.4. The van der Waals surface area contributed by atoms with Crippen molar-refractivity contribution in [1.29, 1.82) is 0 Å². The van der Waals surface area contributed by atoms with Gasteiger partial charge < -0.3 is 20.7 Å².